The highest BCUT2D eigenvalue weighted by molar-refractivity contribution is 5.75. The molecule has 78 valence electrons. The molecule has 0 aromatic heterocycles. The van der Waals surface area contributed by atoms with Gasteiger partial charge in [0.25, 0.3) is 0 Å². The molecule has 0 spiro atoms. The second-order valence-corrected chi connectivity index (χ2v) is 3.46. The van der Waals surface area contributed by atoms with Crippen molar-refractivity contribution in [3.63, 3.8) is 0 Å². The lowest BCUT2D eigenvalue weighted by molar-refractivity contribution is -0.120. The Labute approximate surface area is 80.5 Å². The van der Waals surface area contributed by atoms with Crippen LogP contribution < -0.4 is 11.1 Å². The largest absolute Gasteiger partial charge is 0.355 e. The van der Waals surface area contributed by atoms with E-state index < -0.39 is 0 Å². The lowest BCUT2D eigenvalue weighted by Gasteiger charge is -2.20. The van der Waals surface area contributed by atoms with E-state index in [2.05, 4.69) is 24.1 Å². The lowest BCUT2D eigenvalue weighted by Crippen LogP contribution is -2.36. The van der Waals surface area contributed by atoms with Crippen molar-refractivity contribution in [3.8, 4) is 0 Å². The van der Waals surface area contributed by atoms with Gasteiger partial charge >= 0.3 is 0 Å². The number of nitrogens with zero attached hydrogens (tertiary/aromatic N) is 1. The zero-order chi connectivity index (χ0) is 10.3. The van der Waals surface area contributed by atoms with Crippen LogP contribution in [0.25, 0.3) is 0 Å². The van der Waals surface area contributed by atoms with E-state index in [9.17, 15) is 4.79 Å². The molecule has 0 radical (unpaired) electrons. The quantitative estimate of drug-likeness (QED) is 0.605. The van der Waals surface area contributed by atoms with E-state index >= 15 is 0 Å². The van der Waals surface area contributed by atoms with Gasteiger partial charge in [-0.05, 0) is 20.9 Å². The van der Waals surface area contributed by atoms with Crippen molar-refractivity contribution in [1.29, 1.82) is 0 Å². The first-order valence-electron chi connectivity index (χ1n) is 4.75. The summed E-state index contributed by atoms with van der Waals surface area (Å²) in [5.41, 5.74) is 5.24. The monoisotopic (exact) mass is 187 g/mol. The van der Waals surface area contributed by atoms with E-state index in [0.29, 0.717) is 25.6 Å². The first-order valence-corrected chi connectivity index (χ1v) is 4.75. The van der Waals surface area contributed by atoms with Crippen molar-refractivity contribution in [1.82, 2.24) is 10.2 Å². The Bertz CT molecular complexity index is 148. The average Bonchev–Trinajstić information content (AvgIpc) is 2.04. The van der Waals surface area contributed by atoms with Gasteiger partial charge in [0.2, 0.25) is 5.91 Å². The number of nitrogens with one attached hydrogen (secondary N) is 1. The molecule has 0 aliphatic rings. The van der Waals surface area contributed by atoms with E-state index in [1.165, 1.54) is 0 Å². The first-order chi connectivity index (χ1) is 6.07. The van der Waals surface area contributed by atoms with Gasteiger partial charge in [-0.2, -0.15) is 0 Å². The summed E-state index contributed by atoms with van der Waals surface area (Å²) in [6, 6.07) is 0.520. The van der Waals surface area contributed by atoms with Gasteiger partial charge < -0.3 is 16.0 Å². The minimum absolute atomic E-state index is 0.0413. The van der Waals surface area contributed by atoms with Crippen LogP contribution in [-0.2, 0) is 4.79 Å². The highest BCUT2D eigenvalue weighted by Crippen LogP contribution is 1.90. The summed E-state index contributed by atoms with van der Waals surface area (Å²) in [6.45, 7) is 6.26. The fourth-order valence-corrected chi connectivity index (χ4v) is 0.849. The van der Waals surface area contributed by atoms with Gasteiger partial charge in [-0.3, -0.25) is 4.79 Å². The van der Waals surface area contributed by atoms with E-state index in [1.807, 2.05) is 7.05 Å². The van der Waals surface area contributed by atoms with Gasteiger partial charge in [0.15, 0.2) is 0 Å². The number of amides is 1. The molecule has 0 heterocycles. The molecule has 4 heteroatoms. The van der Waals surface area contributed by atoms with Crippen molar-refractivity contribution < 1.29 is 4.79 Å². The van der Waals surface area contributed by atoms with Crippen molar-refractivity contribution in [2.24, 2.45) is 5.73 Å². The molecule has 0 unspecified atom stereocenters. The van der Waals surface area contributed by atoms with E-state index in [-0.39, 0.29) is 5.91 Å². The van der Waals surface area contributed by atoms with E-state index in [4.69, 9.17) is 5.73 Å². The van der Waals surface area contributed by atoms with Crippen molar-refractivity contribution in [2.45, 2.75) is 26.3 Å². The second kappa shape index (κ2) is 6.86. The molecule has 13 heavy (non-hydrogen) atoms. The Kier molecular flexibility index (Phi) is 6.54. The normalized spacial score (nSPS) is 10.9. The van der Waals surface area contributed by atoms with Gasteiger partial charge in [-0.15, -0.1) is 0 Å². The molecule has 0 atom stereocenters. The van der Waals surface area contributed by atoms with E-state index in [1.54, 1.807) is 0 Å². The molecule has 4 nitrogen and oxygen atoms in total. The van der Waals surface area contributed by atoms with Gasteiger partial charge in [0.1, 0.15) is 0 Å². The minimum Gasteiger partial charge on any atom is -0.355 e. The topological polar surface area (TPSA) is 58.4 Å². The zero-order valence-electron chi connectivity index (χ0n) is 8.84. The van der Waals surface area contributed by atoms with Crippen LogP contribution in [0.3, 0.4) is 0 Å². The van der Waals surface area contributed by atoms with Crippen LogP contribution in [0.1, 0.15) is 20.3 Å². The summed E-state index contributed by atoms with van der Waals surface area (Å²) >= 11 is 0. The van der Waals surface area contributed by atoms with Gasteiger partial charge in [0.05, 0.1) is 0 Å². The Morgan fingerprint density at radius 2 is 2.15 bits per heavy atom. The number of rotatable bonds is 6. The van der Waals surface area contributed by atoms with Crippen LogP contribution >= 0.6 is 0 Å². The molecule has 0 fully saturated rings. The molecule has 0 aromatic carbocycles. The summed E-state index contributed by atoms with van der Waals surface area (Å²) in [7, 11) is 2.04. The van der Waals surface area contributed by atoms with Crippen LogP contribution in [0.4, 0.5) is 0 Å². The van der Waals surface area contributed by atoms with Crippen molar-refractivity contribution in [2.75, 3.05) is 26.7 Å². The van der Waals surface area contributed by atoms with Crippen molar-refractivity contribution in [3.05, 3.63) is 0 Å². The Hall–Kier alpha value is -0.610. The molecular weight excluding hydrogens is 166 g/mol. The maximum atomic E-state index is 11.0. The predicted octanol–water partition coefficient (Wildman–Crippen LogP) is -0.208. The van der Waals surface area contributed by atoms with Crippen LogP contribution in [-0.4, -0.2) is 43.5 Å². The Morgan fingerprint density at radius 3 is 2.62 bits per heavy atom. The number of carbonyl (C=O) groups excluding carboxylic acids is 1. The molecule has 1 amide bonds. The molecular formula is C9H21N3O. The summed E-state index contributed by atoms with van der Waals surface area (Å²) in [5.74, 6) is 0.0413. The van der Waals surface area contributed by atoms with Crippen LogP contribution in [0, 0.1) is 0 Å². The maximum absolute atomic E-state index is 11.0. The Balaban J connectivity index is 3.39. The minimum atomic E-state index is 0.0413. The number of likely N-dealkylation sites (N-methyl/N-ethyl adjacent to an activating group) is 1. The second-order valence-electron chi connectivity index (χ2n) is 3.46. The zero-order valence-corrected chi connectivity index (χ0v) is 8.84. The third-order valence-electron chi connectivity index (χ3n) is 2.04. The molecule has 0 aromatic rings. The average molecular weight is 187 g/mol. The SMILES string of the molecule is CC(C)N(C)CCNC(=O)CCN. The fourth-order valence-electron chi connectivity index (χ4n) is 0.849. The third kappa shape index (κ3) is 6.54. The fraction of sp³-hybridized carbons (Fsp3) is 0.889. The highest BCUT2D eigenvalue weighted by Gasteiger charge is 2.03. The summed E-state index contributed by atoms with van der Waals surface area (Å²) in [6.07, 6.45) is 0.422. The number of hydrogen-bond donors (Lipinski definition) is 2. The van der Waals surface area contributed by atoms with Crippen LogP contribution in [0.15, 0.2) is 0 Å². The molecule has 0 saturated heterocycles. The molecule has 0 rings (SSSR count). The molecule has 3 N–H and O–H groups in total. The highest BCUT2D eigenvalue weighted by atomic mass is 16.1. The molecule has 0 saturated carbocycles. The summed E-state index contributed by atoms with van der Waals surface area (Å²) in [4.78, 5) is 13.2. The predicted molar refractivity (Wildman–Crippen MR) is 54.4 cm³/mol. The van der Waals surface area contributed by atoms with Gasteiger partial charge in [-0.1, -0.05) is 0 Å². The van der Waals surface area contributed by atoms with Gasteiger partial charge in [0, 0.05) is 32.1 Å². The third-order valence-corrected chi connectivity index (χ3v) is 2.04. The van der Waals surface area contributed by atoms with Crippen LogP contribution in [0.5, 0.6) is 0 Å². The number of carbonyl (C=O) groups is 1. The Morgan fingerprint density at radius 1 is 1.54 bits per heavy atom. The smallest absolute Gasteiger partial charge is 0.221 e. The number of hydrogen-bond acceptors (Lipinski definition) is 3. The molecule has 0 bridgehead atoms. The van der Waals surface area contributed by atoms with Crippen molar-refractivity contribution >= 4 is 5.91 Å². The van der Waals surface area contributed by atoms with Crippen LogP contribution in [0.2, 0.25) is 0 Å². The lowest BCUT2D eigenvalue weighted by atomic mass is 10.3. The molecule has 0 aliphatic heterocycles. The summed E-state index contributed by atoms with van der Waals surface area (Å²) < 4.78 is 0. The standard InChI is InChI=1S/C9H21N3O/c1-8(2)12(3)7-6-11-9(13)4-5-10/h8H,4-7,10H2,1-3H3,(H,11,13). The van der Waals surface area contributed by atoms with E-state index in [0.717, 1.165) is 6.54 Å². The number of nitrogens with two attached hydrogens (primary N) is 1. The van der Waals surface area contributed by atoms with Gasteiger partial charge in [-0.25, -0.2) is 0 Å². The first kappa shape index (κ1) is 12.4. The summed E-state index contributed by atoms with van der Waals surface area (Å²) in [5, 5.41) is 2.81. The maximum Gasteiger partial charge on any atom is 0.221 e. The molecule has 0 aliphatic carbocycles.